The Labute approximate surface area is 116 Å². The summed E-state index contributed by atoms with van der Waals surface area (Å²) >= 11 is 0. The number of rotatable bonds is 2. The lowest BCUT2D eigenvalue weighted by Crippen LogP contribution is -2.21. The largest absolute Gasteiger partial charge is 0.496 e. The molecule has 0 spiro atoms. The Morgan fingerprint density at radius 1 is 1.05 bits per heavy atom. The van der Waals surface area contributed by atoms with Crippen molar-refractivity contribution in [2.24, 2.45) is 0 Å². The normalized spacial score (nSPS) is 11.4. The van der Waals surface area contributed by atoms with Gasteiger partial charge in [-0.05, 0) is 29.2 Å². The monoisotopic (exact) mass is 274 g/mol. The van der Waals surface area contributed by atoms with Gasteiger partial charge in [-0.25, -0.2) is 4.79 Å². The van der Waals surface area contributed by atoms with Crippen LogP contribution in [0.25, 0.3) is 11.3 Å². The highest BCUT2D eigenvalue weighted by Crippen LogP contribution is 2.34. The molecule has 0 radical (unpaired) electrons. The molecule has 0 aliphatic rings. The van der Waals surface area contributed by atoms with Crippen LogP contribution in [-0.2, 0) is 5.41 Å². The Morgan fingerprint density at radius 2 is 1.75 bits per heavy atom. The minimum atomic E-state index is -0.513. The zero-order valence-corrected chi connectivity index (χ0v) is 12.0. The van der Waals surface area contributed by atoms with Gasteiger partial charge in [0.05, 0.1) is 12.8 Å². The van der Waals surface area contributed by atoms with Gasteiger partial charge in [0.1, 0.15) is 5.75 Å². The average molecular weight is 274 g/mol. The average Bonchev–Trinajstić information content (AvgIpc) is 2.35. The van der Waals surface area contributed by atoms with E-state index in [-0.39, 0.29) is 5.41 Å². The molecule has 2 rings (SSSR count). The van der Waals surface area contributed by atoms with Crippen LogP contribution in [-0.4, -0.2) is 17.1 Å². The molecule has 0 saturated carbocycles. The van der Waals surface area contributed by atoms with Crippen LogP contribution in [0.4, 0.5) is 0 Å². The topological polar surface area (TPSA) is 75.0 Å². The molecule has 0 atom stereocenters. The van der Waals surface area contributed by atoms with Crippen molar-refractivity contribution in [3.63, 3.8) is 0 Å². The molecule has 0 fully saturated rings. The van der Waals surface area contributed by atoms with Crippen molar-refractivity contribution in [3.8, 4) is 17.0 Å². The van der Waals surface area contributed by atoms with Gasteiger partial charge in [-0.3, -0.25) is 9.78 Å². The second-order valence-corrected chi connectivity index (χ2v) is 5.67. The number of nitrogens with one attached hydrogen (secondary N) is 2. The van der Waals surface area contributed by atoms with Gasteiger partial charge in [-0.1, -0.05) is 20.8 Å². The predicted octanol–water partition coefficient (Wildman–Crippen LogP) is 2.04. The summed E-state index contributed by atoms with van der Waals surface area (Å²) in [6, 6.07) is 6.97. The molecule has 0 aliphatic heterocycles. The van der Waals surface area contributed by atoms with E-state index in [1.54, 1.807) is 7.11 Å². The van der Waals surface area contributed by atoms with E-state index in [2.05, 4.69) is 30.7 Å². The number of aromatic nitrogens is 2. The Bertz CT molecular complexity index is 708. The van der Waals surface area contributed by atoms with Crippen LogP contribution in [0.15, 0.2) is 33.9 Å². The molecule has 0 amide bonds. The molecule has 0 bridgehead atoms. The first kappa shape index (κ1) is 14.1. The Hall–Kier alpha value is -2.30. The molecular formula is C15H18N2O3. The molecule has 1 aromatic heterocycles. The summed E-state index contributed by atoms with van der Waals surface area (Å²) in [6.45, 7) is 6.24. The van der Waals surface area contributed by atoms with Gasteiger partial charge >= 0.3 is 5.69 Å². The quantitative estimate of drug-likeness (QED) is 0.880. The number of ether oxygens (including phenoxy) is 1. The Morgan fingerprint density at radius 3 is 2.30 bits per heavy atom. The third-order valence-corrected chi connectivity index (χ3v) is 3.08. The molecule has 5 nitrogen and oxygen atoms in total. The second-order valence-electron chi connectivity index (χ2n) is 5.67. The van der Waals surface area contributed by atoms with Crippen molar-refractivity contribution < 1.29 is 4.74 Å². The summed E-state index contributed by atoms with van der Waals surface area (Å²) in [6.07, 6.45) is 0. The van der Waals surface area contributed by atoms with Crippen LogP contribution in [0.1, 0.15) is 26.3 Å². The van der Waals surface area contributed by atoms with E-state index in [0.717, 1.165) is 16.9 Å². The van der Waals surface area contributed by atoms with Gasteiger partial charge in [-0.15, -0.1) is 0 Å². The number of hydrogen-bond donors (Lipinski definition) is 2. The maximum absolute atomic E-state index is 11.4. The van der Waals surface area contributed by atoms with Crippen LogP contribution in [0.2, 0.25) is 0 Å². The SMILES string of the molecule is COc1ccc(-c2cc(=O)[nH]c(=O)[nH]2)cc1C(C)(C)C. The van der Waals surface area contributed by atoms with E-state index in [9.17, 15) is 9.59 Å². The van der Waals surface area contributed by atoms with Gasteiger partial charge in [0.15, 0.2) is 0 Å². The van der Waals surface area contributed by atoms with Gasteiger partial charge in [0.25, 0.3) is 5.56 Å². The highest BCUT2D eigenvalue weighted by molar-refractivity contribution is 5.62. The lowest BCUT2D eigenvalue weighted by atomic mass is 9.85. The van der Waals surface area contributed by atoms with Gasteiger partial charge in [0, 0.05) is 11.6 Å². The van der Waals surface area contributed by atoms with Crippen molar-refractivity contribution in [3.05, 3.63) is 50.7 Å². The standard InChI is InChI=1S/C15H18N2O3/c1-15(2,3)10-7-9(5-6-12(10)20-4)11-8-13(18)17-14(19)16-11/h5-8H,1-4H3,(H2,16,17,18,19). The molecule has 106 valence electrons. The van der Waals surface area contributed by atoms with Crippen LogP contribution >= 0.6 is 0 Å². The summed E-state index contributed by atoms with van der Waals surface area (Å²) in [7, 11) is 1.62. The number of H-pyrrole nitrogens is 2. The first-order valence-electron chi connectivity index (χ1n) is 6.34. The summed E-state index contributed by atoms with van der Waals surface area (Å²) in [5.41, 5.74) is 1.24. The summed E-state index contributed by atoms with van der Waals surface area (Å²) in [5, 5.41) is 0. The molecular weight excluding hydrogens is 256 g/mol. The molecule has 1 heterocycles. The number of benzene rings is 1. The maximum atomic E-state index is 11.4. The Kier molecular flexibility index (Phi) is 3.53. The fourth-order valence-electron chi connectivity index (χ4n) is 2.09. The lowest BCUT2D eigenvalue weighted by molar-refractivity contribution is 0.397. The number of methoxy groups -OCH3 is 1. The van der Waals surface area contributed by atoms with Crippen LogP contribution < -0.4 is 16.0 Å². The van der Waals surface area contributed by atoms with Gasteiger partial charge in [0.2, 0.25) is 0 Å². The van der Waals surface area contributed by atoms with E-state index in [4.69, 9.17) is 4.74 Å². The maximum Gasteiger partial charge on any atom is 0.326 e. The summed E-state index contributed by atoms with van der Waals surface area (Å²) < 4.78 is 5.37. The predicted molar refractivity (Wildman–Crippen MR) is 78.4 cm³/mol. The highest BCUT2D eigenvalue weighted by Gasteiger charge is 2.19. The van der Waals surface area contributed by atoms with E-state index < -0.39 is 11.2 Å². The molecule has 20 heavy (non-hydrogen) atoms. The van der Waals surface area contributed by atoms with Crippen LogP contribution in [0.5, 0.6) is 5.75 Å². The van der Waals surface area contributed by atoms with E-state index in [1.807, 2.05) is 18.2 Å². The van der Waals surface area contributed by atoms with Crippen LogP contribution in [0, 0.1) is 0 Å². The molecule has 2 aromatic rings. The zero-order chi connectivity index (χ0) is 14.9. The first-order chi connectivity index (χ1) is 9.31. The highest BCUT2D eigenvalue weighted by atomic mass is 16.5. The third-order valence-electron chi connectivity index (χ3n) is 3.08. The van der Waals surface area contributed by atoms with Crippen molar-refractivity contribution in [2.45, 2.75) is 26.2 Å². The number of hydrogen-bond acceptors (Lipinski definition) is 3. The second kappa shape index (κ2) is 5.00. The third kappa shape index (κ3) is 2.82. The minimum Gasteiger partial charge on any atom is -0.496 e. The lowest BCUT2D eigenvalue weighted by Gasteiger charge is -2.22. The van der Waals surface area contributed by atoms with Crippen molar-refractivity contribution in [1.29, 1.82) is 0 Å². The molecule has 5 heteroatoms. The van der Waals surface area contributed by atoms with E-state index in [1.165, 1.54) is 6.07 Å². The molecule has 0 aliphatic carbocycles. The molecule has 0 unspecified atom stereocenters. The molecule has 0 saturated heterocycles. The summed E-state index contributed by atoms with van der Waals surface area (Å²) in [5.74, 6) is 0.786. The minimum absolute atomic E-state index is 0.108. The van der Waals surface area contributed by atoms with E-state index >= 15 is 0 Å². The summed E-state index contributed by atoms with van der Waals surface area (Å²) in [4.78, 5) is 27.5. The fraction of sp³-hybridized carbons (Fsp3) is 0.333. The van der Waals surface area contributed by atoms with Crippen molar-refractivity contribution in [2.75, 3.05) is 7.11 Å². The van der Waals surface area contributed by atoms with Crippen LogP contribution in [0.3, 0.4) is 0 Å². The van der Waals surface area contributed by atoms with Crippen molar-refractivity contribution >= 4 is 0 Å². The molecule has 1 aromatic carbocycles. The van der Waals surface area contributed by atoms with Gasteiger partial charge in [-0.2, -0.15) is 0 Å². The zero-order valence-electron chi connectivity index (χ0n) is 12.0. The fourth-order valence-corrected chi connectivity index (χ4v) is 2.09. The Balaban J connectivity index is 2.64. The van der Waals surface area contributed by atoms with E-state index in [0.29, 0.717) is 5.69 Å². The smallest absolute Gasteiger partial charge is 0.326 e. The van der Waals surface area contributed by atoms with Gasteiger partial charge < -0.3 is 9.72 Å². The first-order valence-corrected chi connectivity index (χ1v) is 6.34. The van der Waals surface area contributed by atoms with Crippen molar-refractivity contribution in [1.82, 2.24) is 9.97 Å². The number of aromatic amines is 2. The molecule has 2 N–H and O–H groups in total.